The highest BCUT2D eigenvalue weighted by atomic mass is 35.5. The molecule has 2 aromatic carbocycles. The Kier molecular flexibility index (Phi) is 7.65. The minimum absolute atomic E-state index is 0.118. The van der Waals surface area contributed by atoms with E-state index in [-0.39, 0.29) is 11.8 Å². The number of halogens is 2. The molecule has 0 bridgehead atoms. The lowest BCUT2D eigenvalue weighted by molar-refractivity contribution is -0.121. The number of amides is 1. The van der Waals surface area contributed by atoms with Gasteiger partial charge >= 0.3 is 0 Å². The SMILES string of the molecule is CN(c1cccc(NC(=O)C2CCCN(Cc3nc(-c4ccc(Cl)cc4Cl)no3)C2)c1)S(C)(=O)=O. The zero-order valence-electron chi connectivity index (χ0n) is 19.2. The van der Waals surface area contributed by atoms with E-state index in [0.717, 1.165) is 25.6 Å². The first-order chi connectivity index (χ1) is 16.6. The number of piperidine rings is 1. The minimum atomic E-state index is -3.40. The van der Waals surface area contributed by atoms with Crippen LogP contribution in [0, 0.1) is 5.92 Å². The summed E-state index contributed by atoms with van der Waals surface area (Å²) in [6.07, 6.45) is 2.73. The van der Waals surface area contributed by atoms with E-state index in [1.54, 1.807) is 42.5 Å². The van der Waals surface area contributed by atoms with Crippen molar-refractivity contribution in [3.8, 4) is 11.4 Å². The van der Waals surface area contributed by atoms with Crippen LogP contribution >= 0.6 is 23.2 Å². The van der Waals surface area contributed by atoms with Gasteiger partial charge in [0.15, 0.2) is 0 Å². The summed E-state index contributed by atoms with van der Waals surface area (Å²) in [6.45, 7) is 1.75. The maximum atomic E-state index is 13.0. The second-order valence-electron chi connectivity index (χ2n) is 8.48. The van der Waals surface area contributed by atoms with E-state index >= 15 is 0 Å². The molecule has 1 atom stereocenters. The van der Waals surface area contributed by atoms with Crippen molar-refractivity contribution in [3.05, 3.63) is 58.4 Å². The molecular formula is C23H25Cl2N5O4S. The lowest BCUT2D eigenvalue weighted by atomic mass is 9.97. The lowest BCUT2D eigenvalue weighted by Gasteiger charge is -2.31. The maximum Gasteiger partial charge on any atom is 0.241 e. The normalized spacial score (nSPS) is 16.7. The molecule has 0 saturated carbocycles. The Hall–Kier alpha value is -2.66. The first-order valence-corrected chi connectivity index (χ1v) is 13.6. The number of nitrogens with zero attached hydrogens (tertiary/aromatic N) is 4. The number of likely N-dealkylation sites (tertiary alicyclic amines) is 1. The zero-order valence-corrected chi connectivity index (χ0v) is 21.6. The maximum absolute atomic E-state index is 13.0. The molecule has 1 amide bonds. The van der Waals surface area contributed by atoms with E-state index in [1.807, 2.05) is 0 Å². The average Bonchev–Trinajstić information content (AvgIpc) is 3.26. The molecule has 12 heteroatoms. The summed E-state index contributed by atoms with van der Waals surface area (Å²) in [5, 5.41) is 7.90. The van der Waals surface area contributed by atoms with Crippen LogP contribution in [0.15, 0.2) is 47.0 Å². The number of aromatic nitrogens is 2. The summed E-state index contributed by atoms with van der Waals surface area (Å²) in [4.78, 5) is 19.5. The van der Waals surface area contributed by atoms with Crippen molar-refractivity contribution in [1.82, 2.24) is 15.0 Å². The van der Waals surface area contributed by atoms with Gasteiger partial charge in [-0.25, -0.2) is 8.42 Å². The van der Waals surface area contributed by atoms with Crippen molar-refractivity contribution in [2.45, 2.75) is 19.4 Å². The lowest BCUT2D eigenvalue weighted by Crippen LogP contribution is -2.40. The fourth-order valence-corrected chi connectivity index (χ4v) is 4.91. The third kappa shape index (κ3) is 6.32. The molecule has 1 aliphatic rings. The summed E-state index contributed by atoms with van der Waals surface area (Å²) in [5.74, 6) is 0.469. The Morgan fingerprint density at radius 3 is 2.80 bits per heavy atom. The Morgan fingerprint density at radius 1 is 1.26 bits per heavy atom. The molecule has 1 aliphatic heterocycles. The summed E-state index contributed by atoms with van der Waals surface area (Å²) < 4.78 is 30.2. The van der Waals surface area contributed by atoms with Gasteiger partial charge in [-0.15, -0.1) is 0 Å². The molecule has 1 saturated heterocycles. The van der Waals surface area contributed by atoms with Crippen LogP contribution in [0.5, 0.6) is 0 Å². The van der Waals surface area contributed by atoms with Crippen LogP contribution in [0.4, 0.5) is 11.4 Å². The molecule has 9 nitrogen and oxygen atoms in total. The number of carbonyl (C=O) groups excluding carboxylic acids is 1. The molecule has 1 unspecified atom stereocenters. The molecule has 2 heterocycles. The molecule has 0 spiro atoms. The van der Waals surface area contributed by atoms with Crippen LogP contribution in [-0.2, 0) is 21.4 Å². The Labute approximate surface area is 214 Å². The largest absolute Gasteiger partial charge is 0.338 e. The minimum Gasteiger partial charge on any atom is -0.338 e. The zero-order chi connectivity index (χ0) is 25.2. The molecule has 0 radical (unpaired) electrons. The topological polar surface area (TPSA) is 109 Å². The summed E-state index contributed by atoms with van der Waals surface area (Å²) in [5.41, 5.74) is 1.65. The van der Waals surface area contributed by atoms with Crippen molar-refractivity contribution < 1.29 is 17.7 Å². The molecule has 3 aromatic rings. The number of anilines is 2. The highest BCUT2D eigenvalue weighted by Crippen LogP contribution is 2.29. The quantitative estimate of drug-likeness (QED) is 0.478. The first-order valence-electron chi connectivity index (χ1n) is 11.0. The highest BCUT2D eigenvalue weighted by Gasteiger charge is 2.27. The van der Waals surface area contributed by atoms with Crippen molar-refractivity contribution in [3.63, 3.8) is 0 Å². The van der Waals surface area contributed by atoms with Crippen LogP contribution in [-0.4, -0.2) is 55.8 Å². The van der Waals surface area contributed by atoms with Gasteiger partial charge < -0.3 is 9.84 Å². The van der Waals surface area contributed by atoms with Gasteiger partial charge in [0.1, 0.15) is 0 Å². The van der Waals surface area contributed by atoms with Crippen molar-refractivity contribution in [1.29, 1.82) is 0 Å². The van der Waals surface area contributed by atoms with E-state index in [1.165, 1.54) is 11.4 Å². The third-order valence-corrected chi connectivity index (χ3v) is 7.60. The summed E-state index contributed by atoms with van der Waals surface area (Å²) >= 11 is 12.2. The second kappa shape index (κ2) is 10.5. The van der Waals surface area contributed by atoms with Gasteiger partial charge in [0, 0.05) is 29.9 Å². The number of hydrogen-bond donors (Lipinski definition) is 1. The van der Waals surface area contributed by atoms with E-state index in [0.29, 0.717) is 51.8 Å². The van der Waals surface area contributed by atoms with Gasteiger partial charge in [0.25, 0.3) is 0 Å². The number of carbonyl (C=O) groups is 1. The van der Waals surface area contributed by atoms with Gasteiger partial charge in [-0.05, 0) is 55.8 Å². The fraction of sp³-hybridized carbons (Fsp3) is 0.348. The van der Waals surface area contributed by atoms with Crippen LogP contribution in [0.25, 0.3) is 11.4 Å². The van der Waals surface area contributed by atoms with Crippen molar-refractivity contribution in [2.75, 3.05) is 36.0 Å². The van der Waals surface area contributed by atoms with Crippen LogP contribution in [0.1, 0.15) is 18.7 Å². The predicted octanol–water partition coefficient (Wildman–Crippen LogP) is 4.29. The molecule has 1 fully saturated rings. The van der Waals surface area contributed by atoms with Gasteiger partial charge in [-0.3, -0.25) is 14.0 Å². The predicted molar refractivity (Wildman–Crippen MR) is 136 cm³/mol. The van der Waals surface area contributed by atoms with Gasteiger partial charge in [-0.1, -0.05) is 34.4 Å². The van der Waals surface area contributed by atoms with Gasteiger partial charge in [0.2, 0.25) is 27.6 Å². The van der Waals surface area contributed by atoms with Crippen LogP contribution < -0.4 is 9.62 Å². The Bertz CT molecular complexity index is 1330. The first kappa shape index (κ1) is 25.4. The highest BCUT2D eigenvalue weighted by molar-refractivity contribution is 7.92. The third-order valence-electron chi connectivity index (χ3n) is 5.85. The van der Waals surface area contributed by atoms with Crippen molar-refractivity contribution >= 4 is 50.5 Å². The molecule has 4 rings (SSSR count). The number of sulfonamides is 1. The number of rotatable bonds is 7. The van der Waals surface area contributed by atoms with E-state index in [4.69, 9.17) is 27.7 Å². The van der Waals surface area contributed by atoms with E-state index < -0.39 is 10.0 Å². The van der Waals surface area contributed by atoms with E-state index in [2.05, 4.69) is 20.4 Å². The Morgan fingerprint density at radius 2 is 2.06 bits per heavy atom. The van der Waals surface area contributed by atoms with Crippen molar-refractivity contribution in [2.24, 2.45) is 5.92 Å². The Balaban J connectivity index is 1.38. The number of benzene rings is 2. The second-order valence-corrected chi connectivity index (χ2v) is 11.3. The standard InChI is InChI=1S/C23H25Cl2N5O4S/c1-29(35(2,32)33)18-7-3-6-17(12-18)26-23(31)15-5-4-10-30(13-15)14-21-27-22(28-34-21)19-9-8-16(24)11-20(19)25/h3,6-9,11-12,15H,4-5,10,13-14H2,1-2H3,(H,26,31). The van der Waals surface area contributed by atoms with Gasteiger partial charge in [-0.2, -0.15) is 4.98 Å². The molecule has 1 aromatic heterocycles. The summed E-state index contributed by atoms with van der Waals surface area (Å²) in [7, 11) is -1.93. The smallest absolute Gasteiger partial charge is 0.241 e. The molecular weight excluding hydrogens is 513 g/mol. The average molecular weight is 538 g/mol. The molecule has 35 heavy (non-hydrogen) atoms. The molecule has 0 aliphatic carbocycles. The number of hydrogen-bond acceptors (Lipinski definition) is 7. The van der Waals surface area contributed by atoms with Crippen LogP contribution in [0.3, 0.4) is 0 Å². The fourth-order valence-electron chi connectivity index (χ4n) is 3.92. The number of nitrogens with one attached hydrogen (secondary N) is 1. The molecule has 186 valence electrons. The monoisotopic (exact) mass is 537 g/mol. The van der Waals surface area contributed by atoms with Crippen LogP contribution in [0.2, 0.25) is 10.0 Å². The summed E-state index contributed by atoms with van der Waals surface area (Å²) in [6, 6.07) is 11.8. The van der Waals surface area contributed by atoms with E-state index in [9.17, 15) is 13.2 Å². The van der Waals surface area contributed by atoms with Gasteiger partial charge in [0.05, 0.1) is 29.4 Å². The molecule has 1 N–H and O–H groups in total.